The van der Waals surface area contributed by atoms with E-state index in [0.29, 0.717) is 18.2 Å². The molecular formula is C16H18ClNO. The Kier molecular flexibility index (Phi) is 5.25. The first kappa shape index (κ1) is 13.9. The van der Waals surface area contributed by atoms with Crippen LogP contribution in [0.25, 0.3) is 0 Å². The van der Waals surface area contributed by atoms with E-state index in [4.69, 9.17) is 22.1 Å². The van der Waals surface area contributed by atoms with Gasteiger partial charge in [-0.2, -0.15) is 0 Å². The van der Waals surface area contributed by atoms with Crippen LogP contribution in [0, 0.1) is 0 Å². The van der Waals surface area contributed by atoms with Crippen LogP contribution in [0.1, 0.15) is 17.5 Å². The summed E-state index contributed by atoms with van der Waals surface area (Å²) < 4.78 is 5.68. The molecule has 2 nitrogen and oxygen atoms in total. The predicted octanol–water partition coefficient (Wildman–Crippen LogP) is 3.81. The van der Waals surface area contributed by atoms with Crippen LogP contribution in [0.2, 0.25) is 5.02 Å². The quantitative estimate of drug-likeness (QED) is 0.814. The molecule has 0 aliphatic carbocycles. The Morgan fingerprint density at radius 2 is 1.84 bits per heavy atom. The normalized spacial score (nSPS) is 10.4. The molecule has 0 atom stereocenters. The van der Waals surface area contributed by atoms with Gasteiger partial charge < -0.3 is 10.5 Å². The third-order valence-corrected chi connectivity index (χ3v) is 3.32. The maximum absolute atomic E-state index is 6.08. The summed E-state index contributed by atoms with van der Waals surface area (Å²) in [6.45, 7) is 1.14. The van der Waals surface area contributed by atoms with Crippen molar-refractivity contribution in [2.45, 2.75) is 19.4 Å². The molecule has 0 aliphatic rings. The Hall–Kier alpha value is -1.51. The van der Waals surface area contributed by atoms with Crippen molar-refractivity contribution in [3.63, 3.8) is 0 Å². The number of rotatable bonds is 6. The molecule has 0 unspecified atom stereocenters. The molecule has 19 heavy (non-hydrogen) atoms. The van der Waals surface area contributed by atoms with Crippen molar-refractivity contribution < 1.29 is 4.74 Å². The highest BCUT2D eigenvalue weighted by molar-refractivity contribution is 6.31. The molecule has 0 fully saturated rings. The molecule has 0 saturated carbocycles. The lowest BCUT2D eigenvalue weighted by Crippen LogP contribution is -2.01. The average Bonchev–Trinajstić information content (AvgIpc) is 2.45. The first-order valence-electron chi connectivity index (χ1n) is 6.45. The van der Waals surface area contributed by atoms with E-state index in [-0.39, 0.29) is 0 Å². The van der Waals surface area contributed by atoms with E-state index in [9.17, 15) is 0 Å². The second-order valence-corrected chi connectivity index (χ2v) is 4.80. The van der Waals surface area contributed by atoms with Crippen LogP contribution in [0.5, 0.6) is 5.75 Å². The first-order chi connectivity index (χ1) is 9.29. The molecular weight excluding hydrogens is 258 g/mol. The Labute approximate surface area is 119 Å². The fourth-order valence-corrected chi connectivity index (χ4v) is 2.14. The smallest absolute Gasteiger partial charge is 0.120 e. The van der Waals surface area contributed by atoms with Crippen molar-refractivity contribution >= 4 is 11.6 Å². The number of ether oxygens (including phenoxy) is 1. The van der Waals surface area contributed by atoms with Crippen LogP contribution in [0.3, 0.4) is 0 Å². The number of hydrogen-bond acceptors (Lipinski definition) is 2. The van der Waals surface area contributed by atoms with Crippen LogP contribution >= 0.6 is 11.6 Å². The topological polar surface area (TPSA) is 35.2 Å². The van der Waals surface area contributed by atoms with Crippen molar-refractivity contribution in [2.24, 2.45) is 5.73 Å². The highest BCUT2D eigenvalue weighted by atomic mass is 35.5. The lowest BCUT2D eigenvalue weighted by atomic mass is 10.1. The molecule has 100 valence electrons. The summed E-state index contributed by atoms with van der Waals surface area (Å²) in [5, 5.41) is 0.669. The maximum Gasteiger partial charge on any atom is 0.120 e. The molecule has 0 spiro atoms. The van der Waals surface area contributed by atoms with E-state index in [1.165, 1.54) is 5.56 Å². The molecule has 2 aromatic carbocycles. The Morgan fingerprint density at radius 1 is 1.05 bits per heavy atom. The zero-order chi connectivity index (χ0) is 13.5. The molecule has 0 aliphatic heterocycles. The number of halogens is 1. The van der Waals surface area contributed by atoms with Crippen molar-refractivity contribution in [3.8, 4) is 5.75 Å². The van der Waals surface area contributed by atoms with Crippen molar-refractivity contribution in [1.82, 2.24) is 0 Å². The summed E-state index contributed by atoms with van der Waals surface area (Å²) in [6, 6.07) is 16.1. The Bertz CT molecular complexity index is 513. The lowest BCUT2D eigenvalue weighted by Gasteiger charge is -2.08. The molecule has 2 N–H and O–H groups in total. The van der Waals surface area contributed by atoms with Crippen molar-refractivity contribution in [3.05, 3.63) is 64.7 Å². The molecule has 0 bridgehead atoms. The summed E-state index contributed by atoms with van der Waals surface area (Å²) >= 11 is 6.08. The van der Waals surface area contributed by atoms with Crippen LogP contribution in [-0.4, -0.2) is 6.61 Å². The summed E-state index contributed by atoms with van der Waals surface area (Å²) in [5.41, 5.74) is 7.84. The molecule has 0 radical (unpaired) electrons. The number of nitrogens with two attached hydrogens (primary N) is 1. The fraction of sp³-hybridized carbons (Fsp3) is 0.250. The van der Waals surface area contributed by atoms with Gasteiger partial charge in [-0.05, 0) is 36.1 Å². The number of aryl methyl sites for hydroxylation is 1. The molecule has 0 saturated heterocycles. The van der Waals surface area contributed by atoms with E-state index in [1.807, 2.05) is 24.3 Å². The van der Waals surface area contributed by atoms with Gasteiger partial charge in [0, 0.05) is 11.6 Å². The summed E-state index contributed by atoms with van der Waals surface area (Å²) in [4.78, 5) is 0. The molecule has 2 rings (SSSR count). The van der Waals surface area contributed by atoms with Crippen LogP contribution in [0.15, 0.2) is 48.5 Å². The van der Waals surface area contributed by atoms with Gasteiger partial charge in [0.2, 0.25) is 0 Å². The van der Waals surface area contributed by atoms with Gasteiger partial charge in [-0.1, -0.05) is 48.0 Å². The lowest BCUT2D eigenvalue weighted by molar-refractivity contribution is 0.311. The number of benzene rings is 2. The minimum absolute atomic E-state index is 0.452. The van der Waals surface area contributed by atoms with E-state index in [2.05, 4.69) is 24.3 Å². The fourth-order valence-electron chi connectivity index (χ4n) is 1.89. The van der Waals surface area contributed by atoms with Gasteiger partial charge in [-0.3, -0.25) is 0 Å². The van der Waals surface area contributed by atoms with Gasteiger partial charge in [0.15, 0.2) is 0 Å². The van der Waals surface area contributed by atoms with Crippen LogP contribution < -0.4 is 10.5 Å². The van der Waals surface area contributed by atoms with E-state index in [0.717, 1.165) is 24.2 Å². The van der Waals surface area contributed by atoms with Gasteiger partial charge >= 0.3 is 0 Å². The molecule has 3 heteroatoms. The molecule has 0 amide bonds. The molecule has 0 heterocycles. The van der Waals surface area contributed by atoms with E-state index < -0.39 is 0 Å². The predicted molar refractivity (Wildman–Crippen MR) is 79.6 cm³/mol. The van der Waals surface area contributed by atoms with Gasteiger partial charge in [0.25, 0.3) is 0 Å². The SMILES string of the molecule is NCc1ccc(OCCCc2ccccc2)cc1Cl. The average molecular weight is 276 g/mol. The summed E-state index contributed by atoms with van der Waals surface area (Å²) in [6.07, 6.45) is 2.01. The third kappa shape index (κ3) is 4.27. The van der Waals surface area contributed by atoms with E-state index in [1.54, 1.807) is 0 Å². The van der Waals surface area contributed by atoms with Crippen LogP contribution in [0.4, 0.5) is 0 Å². The monoisotopic (exact) mass is 275 g/mol. The largest absolute Gasteiger partial charge is 0.494 e. The summed E-state index contributed by atoms with van der Waals surface area (Å²) in [7, 11) is 0. The zero-order valence-electron chi connectivity index (χ0n) is 10.8. The van der Waals surface area contributed by atoms with Gasteiger partial charge in [0.05, 0.1) is 6.61 Å². The van der Waals surface area contributed by atoms with Crippen molar-refractivity contribution in [1.29, 1.82) is 0 Å². The van der Waals surface area contributed by atoms with Gasteiger partial charge in [-0.15, -0.1) is 0 Å². The maximum atomic E-state index is 6.08. The highest BCUT2D eigenvalue weighted by Crippen LogP contribution is 2.22. The number of hydrogen-bond donors (Lipinski definition) is 1. The summed E-state index contributed by atoms with van der Waals surface area (Å²) in [5.74, 6) is 0.801. The van der Waals surface area contributed by atoms with Gasteiger partial charge in [-0.25, -0.2) is 0 Å². The Morgan fingerprint density at radius 3 is 2.53 bits per heavy atom. The second kappa shape index (κ2) is 7.17. The molecule has 2 aromatic rings. The second-order valence-electron chi connectivity index (χ2n) is 4.39. The van der Waals surface area contributed by atoms with Gasteiger partial charge in [0.1, 0.15) is 5.75 Å². The zero-order valence-corrected chi connectivity index (χ0v) is 11.6. The Balaban J connectivity index is 1.78. The minimum atomic E-state index is 0.452. The van der Waals surface area contributed by atoms with E-state index >= 15 is 0 Å². The minimum Gasteiger partial charge on any atom is -0.494 e. The first-order valence-corrected chi connectivity index (χ1v) is 6.82. The highest BCUT2D eigenvalue weighted by Gasteiger charge is 2.01. The third-order valence-electron chi connectivity index (χ3n) is 2.97. The van der Waals surface area contributed by atoms with Crippen LogP contribution in [-0.2, 0) is 13.0 Å². The standard InChI is InChI=1S/C16H18ClNO/c17-16-11-15(9-8-14(16)12-18)19-10-4-7-13-5-2-1-3-6-13/h1-3,5-6,8-9,11H,4,7,10,12,18H2. The molecule has 0 aromatic heterocycles. The van der Waals surface area contributed by atoms with Crippen molar-refractivity contribution in [2.75, 3.05) is 6.61 Å².